The lowest BCUT2D eigenvalue weighted by atomic mass is 9.98. The van der Waals surface area contributed by atoms with Crippen LogP contribution in [0.5, 0.6) is 0 Å². The number of nitrogens with zero attached hydrogens (tertiary/aromatic N) is 1. The maximum atomic E-state index is 12.2. The molecule has 0 spiro atoms. The third-order valence-electron chi connectivity index (χ3n) is 4.00. The van der Waals surface area contributed by atoms with Crippen LogP contribution < -0.4 is 5.32 Å². The molecule has 0 aromatic heterocycles. The largest absolute Gasteiger partial charge is 0.481 e. The molecule has 0 radical (unpaired) electrons. The van der Waals surface area contributed by atoms with E-state index in [2.05, 4.69) is 12.2 Å². The van der Waals surface area contributed by atoms with Crippen molar-refractivity contribution in [1.82, 2.24) is 10.2 Å². The monoisotopic (exact) mass is 284 g/mol. The topological polar surface area (TPSA) is 69.6 Å². The zero-order valence-corrected chi connectivity index (χ0v) is 12.7. The lowest BCUT2D eigenvalue weighted by Gasteiger charge is -2.36. The Morgan fingerprint density at radius 1 is 1.30 bits per heavy atom. The predicted octanol–water partition coefficient (Wildman–Crippen LogP) is 2.85. The number of amides is 2. The van der Waals surface area contributed by atoms with Crippen LogP contribution in [-0.4, -0.2) is 41.1 Å². The van der Waals surface area contributed by atoms with Gasteiger partial charge in [0.1, 0.15) is 0 Å². The molecule has 1 aliphatic heterocycles. The van der Waals surface area contributed by atoms with Crippen LogP contribution in [0.15, 0.2) is 0 Å². The highest BCUT2D eigenvalue weighted by molar-refractivity contribution is 5.76. The number of aliphatic carboxylic acids is 1. The summed E-state index contributed by atoms with van der Waals surface area (Å²) in [6.45, 7) is 5.12. The number of urea groups is 1. The van der Waals surface area contributed by atoms with Gasteiger partial charge in [-0.3, -0.25) is 4.79 Å². The van der Waals surface area contributed by atoms with Gasteiger partial charge >= 0.3 is 12.0 Å². The van der Waals surface area contributed by atoms with Gasteiger partial charge in [0, 0.05) is 19.1 Å². The van der Waals surface area contributed by atoms with E-state index in [4.69, 9.17) is 5.11 Å². The minimum Gasteiger partial charge on any atom is -0.481 e. The second kappa shape index (κ2) is 8.82. The fraction of sp³-hybridized carbons (Fsp3) is 0.867. The molecule has 5 nitrogen and oxygen atoms in total. The number of carbonyl (C=O) groups excluding carboxylic acids is 1. The summed E-state index contributed by atoms with van der Waals surface area (Å²) in [5.41, 5.74) is 0. The van der Waals surface area contributed by atoms with Crippen LogP contribution >= 0.6 is 0 Å². The maximum absolute atomic E-state index is 12.2. The Balaban J connectivity index is 2.48. The Hall–Kier alpha value is -1.26. The normalized spacial score (nSPS) is 20.5. The summed E-state index contributed by atoms with van der Waals surface area (Å²) in [7, 11) is 0. The molecule has 2 N–H and O–H groups in total. The van der Waals surface area contributed by atoms with Gasteiger partial charge in [-0.1, -0.05) is 26.7 Å². The van der Waals surface area contributed by atoms with E-state index in [-0.39, 0.29) is 12.6 Å². The van der Waals surface area contributed by atoms with E-state index in [0.717, 1.165) is 38.6 Å². The van der Waals surface area contributed by atoms with Gasteiger partial charge < -0.3 is 15.3 Å². The highest BCUT2D eigenvalue weighted by atomic mass is 16.4. The van der Waals surface area contributed by atoms with Crippen molar-refractivity contribution in [3.05, 3.63) is 0 Å². The minimum absolute atomic E-state index is 0.0921. The lowest BCUT2D eigenvalue weighted by Crippen LogP contribution is -2.49. The van der Waals surface area contributed by atoms with Crippen LogP contribution in [0, 0.1) is 5.92 Å². The highest BCUT2D eigenvalue weighted by Gasteiger charge is 2.26. The molecule has 2 unspecified atom stereocenters. The fourth-order valence-electron chi connectivity index (χ4n) is 2.87. The Bertz CT molecular complexity index is 318. The van der Waals surface area contributed by atoms with Crippen LogP contribution in [0.4, 0.5) is 4.79 Å². The van der Waals surface area contributed by atoms with Crippen molar-refractivity contribution >= 4 is 12.0 Å². The molecule has 1 aliphatic rings. The average Bonchev–Trinajstić information content (AvgIpc) is 2.43. The van der Waals surface area contributed by atoms with Crippen LogP contribution in [0.1, 0.15) is 58.8 Å². The van der Waals surface area contributed by atoms with Crippen molar-refractivity contribution in [3.63, 3.8) is 0 Å². The Kier molecular flexibility index (Phi) is 7.41. The van der Waals surface area contributed by atoms with Gasteiger partial charge in [0.05, 0.1) is 5.92 Å². The summed E-state index contributed by atoms with van der Waals surface area (Å²) in [4.78, 5) is 25.2. The summed E-state index contributed by atoms with van der Waals surface area (Å²) < 4.78 is 0. The molecule has 2 atom stereocenters. The quantitative estimate of drug-likeness (QED) is 0.755. The molecular formula is C15H28N2O3. The van der Waals surface area contributed by atoms with Crippen molar-refractivity contribution in [2.24, 2.45) is 5.92 Å². The molecule has 1 fully saturated rings. The minimum atomic E-state index is -0.823. The van der Waals surface area contributed by atoms with E-state index >= 15 is 0 Å². The second-order valence-corrected chi connectivity index (χ2v) is 5.64. The third-order valence-corrected chi connectivity index (χ3v) is 4.00. The second-order valence-electron chi connectivity index (χ2n) is 5.64. The molecule has 1 heterocycles. The maximum Gasteiger partial charge on any atom is 0.317 e. The van der Waals surface area contributed by atoms with Gasteiger partial charge in [0.15, 0.2) is 0 Å². The molecule has 0 aromatic carbocycles. The first-order valence-corrected chi connectivity index (χ1v) is 7.87. The number of hydrogen-bond acceptors (Lipinski definition) is 2. The van der Waals surface area contributed by atoms with Gasteiger partial charge in [-0.15, -0.1) is 0 Å². The van der Waals surface area contributed by atoms with E-state index < -0.39 is 11.9 Å². The van der Waals surface area contributed by atoms with Crippen molar-refractivity contribution in [3.8, 4) is 0 Å². The third kappa shape index (κ3) is 5.02. The number of carbonyl (C=O) groups is 2. The van der Waals surface area contributed by atoms with E-state index in [1.54, 1.807) is 0 Å². The summed E-state index contributed by atoms with van der Waals surface area (Å²) in [6.07, 6.45) is 6.82. The molecule has 1 saturated heterocycles. The van der Waals surface area contributed by atoms with E-state index in [1.165, 1.54) is 6.42 Å². The first-order valence-electron chi connectivity index (χ1n) is 7.87. The molecule has 0 bridgehead atoms. The van der Waals surface area contributed by atoms with Gasteiger partial charge in [-0.2, -0.15) is 0 Å². The molecule has 0 saturated carbocycles. The Morgan fingerprint density at radius 3 is 2.65 bits per heavy atom. The fourth-order valence-corrected chi connectivity index (χ4v) is 2.87. The number of likely N-dealkylation sites (tertiary alicyclic amines) is 1. The van der Waals surface area contributed by atoms with Crippen LogP contribution in [0.2, 0.25) is 0 Å². The van der Waals surface area contributed by atoms with Gasteiger partial charge in [0.2, 0.25) is 0 Å². The smallest absolute Gasteiger partial charge is 0.317 e. The van der Waals surface area contributed by atoms with Crippen LogP contribution in [-0.2, 0) is 4.79 Å². The van der Waals surface area contributed by atoms with Gasteiger partial charge in [0.25, 0.3) is 0 Å². The van der Waals surface area contributed by atoms with Gasteiger partial charge in [-0.05, 0) is 32.1 Å². The average molecular weight is 284 g/mol. The summed E-state index contributed by atoms with van der Waals surface area (Å²) in [5, 5.41) is 11.9. The van der Waals surface area contributed by atoms with Crippen molar-refractivity contribution in [2.75, 3.05) is 13.1 Å². The molecule has 116 valence electrons. The standard InChI is InChI=1S/C15H28N2O3/c1-3-7-12(14(18)19)11-16-15(20)17-10-6-5-9-13(17)8-4-2/h12-13H,3-11H2,1-2H3,(H,16,20)(H,18,19). The molecular weight excluding hydrogens is 256 g/mol. The van der Waals surface area contributed by atoms with Crippen molar-refractivity contribution in [1.29, 1.82) is 0 Å². The van der Waals surface area contributed by atoms with Gasteiger partial charge in [-0.25, -0.2) is 4.79 Å². The highest BCUT2D eigenvalue weighted by Crippen LogP contribution is 2.20. The molecule has 20 heavy (non-hydrogen) atoms. The summed E-state index contributed by atoms with van der Waals surface area (Å²) in [6, 6.07) is 0.230. The number of nitrogens with one attached hydrogen (secondary N) is 1. The number of rotatable bonds is 7. The lowest BCUT2D eigenvalue weighted by molar-refractivity contribution is -0.141. The van der Waals surface area contributed by atoms with Crippen LogP contribution in [0.25, 0.3) is 0 Å². The molecule has 1 rings (SSSR count). The Labute approximate surface area is 121 Å². The number of piperidine rings is 1. The van der Waals surface area contributed by atoms with Crippen molar-refractivity contribution in [2.45, 2.75) is 64.8 Å². The molecule has 0 aromatic rings. The first-order chi connectivity index (χ1) is 9.60. The van der Waals surface area contributed by atoms with Crippen molar-refractivity contribution < 1.29 is 14.7 Å². The molecule has 5 heteroatoms. The van der Waals surface area contributed by atoms with E-state index in [1.807, 2.05) is 11.8 Å². The summed E-state index contributed by atoms with van der Waals surface area (Å²) >= 11 is 0. The SMILES string of the molecule is CCCC(CNC(=O)N1CCCCC1CCC)C(=O)O. The number of carboxylic acids is 1. The van der Waals surface area contributed by atoms with Crippen LogP contribution in [0.3, 0.4) is 0 Å². The molecule has 0 aliphatic carbocycles. The predicted molar refractivity (Wildman–Crippen MR) is 78.7 cm³/mol. The first kappa shape index (κ1) is 16.8. The Morgan fingerprint density at radius 2 is 2.05 bits per heavy atom. The van der Waals surface area contributed by atoms with E-state index in [0.29, 0.717) is 12.5 Å². The zero-order chi connectivity index (χ0) is 15.0. The molecule has 2 amide bonds. The number of hydrogen-bond donors (Lipinski definition) is 2. The number of carboxylic acid groups (broad SMARTS) is 1. The zero-order valence-electron chi connectivity index (χ0n) is 12.7. The summed E-state index contributed by atoms with van der Waals surface area (Å²) in [5.74, 6) is -1.30. The van der Waals surface area contributed by atoms with E-state index in [9.17, 15) is 9.59 Å².